The van der Waals surface area contributed by atoms with Crippen LogP contribution in [0.2, 0.25) is 0 Å². The van der Waals surface area contributed by atoms with Gasteiger partial charge in [0.1, 0.15) is 24.4 Å². The molecule has 3 aliphatic heterocycles. The lowest BCUT2D eigenvalue weighted by Crippen LogP contribution is -2.54. The quantitative estimate of drug-likeness (QED) is 0.0220. The van der Waals surface area contributed by atoms with E-state index in [9.17, 15) is 28.8 Å². The average molecular weight is 1160 g/mol. The number of nitrogens with two attached hydrogens (primary N) is 1. The monoisotopic (exact) mass is 1160 g/mol. The van der Waals surface area contributed by atoms with Crippen molar-refractivity contribution in [3.63, 3.8) is 0 Å². The van der Waals surface area contributed by atoms with Gasteiger partial charge in [0.15, 0.2) is 0 Å². The normalized spacial score (nSPS) is 16.5. The number of amides is 7. The number of likely N-dealkylation sites (tertiary alicyclic amines) is 1. The van der Waals surface area contributed by atoms with Gasteiger partial charge in [-0.1, -0.05) is 56.3 Å². The van der Waals surface area contributed by atoms with Crippen molar-refractivity contribution in [2.75, 3.05) is 109 Å². The lowest BCUT2D eigenvalue weighted by atomic mass is 10.0. The van der Waals surface area contributed by atoms with Crippen molar-refractivity contribution in [2.45, 2.75) is 83.7 Å². The zero-order valence-electron chi connectivity index (χ0n) is 48.1. The van der Waals surface area contributed by atoms with Crippen LogP contribution in [-0.2, 0) is 72.0 Å². The van der Waals surface area contributed by atoms with Crippen LogP contribution in [0.4, 0.5) is 22.1 Å². The number of primary amides is 1. The van der Waals surface area contributed by atoms with E-state index >= 15 is 0 Å². The van der Waals surface area contributed by atoms with E-state index in [1.807, 2.05) is 78.9 Å². The third kappa shape index (κ3) is 21.8. The van der Waals surface area contributed by atoms with Gasteiger partial charge >= 0.3 is 6.03 Å². The van der Waals surface area contributed by atoms with Gasteiger partial charge in [0.25, 0.3) is 11.8 Å². The highest BCUT2D eigenvalue weighted by Gasteiger charge is 2.30. The van der Waals surface area contributed by atoms with E-state index in [1.54, 1.807) is 20.0 Å². The van der Waals surface area contributed by atoms with E-state index in [0.29, 0.717) is 83.6 Å². The molecule has 0 saturated carbocycles. The number of nitrogens with zero attached hydrogens (tertiary/aromatic N) is 4. The van der Waals surface area contributed by atoms with Gasteiger partial charge in [-0.25, -0.2) is 14.8 Å². The maximum absolute atomic E-state index is 13.9. The first-order valence-corrected chi connectivity index (χ1v) is 28.8. The summed E-state index contributed by atoms with van der Waals surface area (Å²) in [5.41, 5.74) is 11.5. The summed E-state index contributed by atoms with van der Waals surface area (Å²) in [7, 11) is 0. The molecule has 2 unspecified atom stereocenters. The molecule has 3 atom stereocenters. The molecule has 4 heterocycles. The van der Waals surface area contributed by atoms with Gasteiger partial charge in [0, 0.05) is 66.4 Å². The number of carbonyl (C=O) groups excluding carboxylic acids is 6. The van der Waals surface area contributed by atoms with Crippen molar-refractivity contribution < 1.29 is 61.9 Å². The van der Waals surface area contributed by atoms with Crippen LogP contribution in [-0.4, -0.2) is 172 Å². The number of aromatic nitrogens is 2. The largest absolute Gasteiger partial charge is 0.492 e. The van der Waals surface area contributed by atoms with Crippen LogP contribution in [0.25, 0.3) is 11.3 Å². The Bertz CT molecular complexity index is 2820. The van der Waals surface area contributed by atoms with E-state index in [1.165, 1.54) is 12.2 Å². The second-order valence-electron chi connectivity index (χ2n) is 20.6. The van der Waals surface area contributed by atoms with Gasteiger partial charge < -0.3 is 65.5 Å². The Morgan fingerprint density at radius 2 is 1.50 bits per heavy atom. The second-order valence-corrected chi connectivity index (χ2v) is 20.6. The first kappa shape index (κ1) is 63.9. The molecule has 7 rings (SSSR count). The Hall–Kier alpha value is -7.64. The summed E-state index contributed by atoms with van der Waals surface area (Å²) in [6.45, 7) is 9.91. The summed E-state index contributed by atoms with van der Waals surface area (Å²) in [6, 6.07) is 21.3. The fourth-order valence-corrected chi connectivity index (χ4v) is 9.54. The molecule has 7 amide bonds. The minimum Gasteiger partial charge on any atom is -0.492 e. The highest BCUT2D eigenvalue weighted by molar-refractivity contribution is 6.12. The maximum atomic E-state index is 13.9. The minimum atomic E-state index is -0.995. The van der Waals surface area contributed by atoms with Crippen molar-refractivity contribution in [1.29, 1.82) is 0 Å². The minimum absolute atomic E-state index is 0.00687. The Kier molecular flexibility index (Phi) is 26.5. The van der Waals surface area contributed by atoms with Crippen LogP contribution in [0.1, 0.15) is 62.6 Å². The molecule has 0 spiro atoms. The molecule has 3 aromatic carbocycles. The smallest absolute Gasteiger partial charge is 0.312 e. The fourth-order valence-electron chi connectivity index (χ4n) is 9.54. The average Bonchev–Trinajstić information content (AvgIpc) is 4.21. The topological polar surface area (TPSA) is 285 Å². The first-order chi connectivity index (χ1) is 40.9. The summed E-state index contributed by atoms with van der Waals surface area (Å²) in [4.78, 5) is 88.0. The van der Waals surface area contributed by atoms with E-state index in [-0.39, 0.29) is 70.1 Å². The van der Waals surface area contributed by atoms with Crippen LogP contribution in [0.3, 0.4) is 0 Å². The highest BCUT2D eigenvalue weighted by atomic mass is 16.6. The predicted octanol–water partition coefficient (Wildman–Crippen LogP) is 4.97. The molecule has 23 heteroatoms. The van der Waals surface area contributed by atoms with Crippen LogP contribution in [0, 0.1) is 5.92 Å². The van der Waals surface area contributed by atoms with E-state index in [2.05, 4.69) is 42.5 Å². The first-order valence-electron chi connectivity index (χ1n) is 28.8. The molecular formula is C61H80N10O13. The zero-order valence-corrected chi connectivity index (χ0v) is 48.1. The molecule has 0 aliphatic carbocycles. The molecule has 1 fully saturated rings. The van der Waals surface area contributed by atoms with Gasteiger partial charge in [-0.05, 0) is 98.2 Å². The number of nitrogens with one attached hydrogen (secondary N) is 5. The van der Waals surface area contributed by atoms with Gasteiger partial charge in [0.2, 0.25) is 23.7 Å². The summed E-state index contributed by atoms with van der Waals surface area (Å²) in [5.74, 6) is -1.18. The predicted molar refractivity (Wildman–Crippen MR) is 314 cm³/mol. The molecule has 4 aromatic rings. The standard InChI is InChI=1S/C61H80N10O13/c1-43(2)57(69-54(72)21-29-78-32-34-80-36-37-81-35-33-79-30-26-71-55(73)18-19-56(71)74)59(76)67-52(11-6-22-63-60(62)77)58(75)65-48-14-12-44(13-15-48)39-50-10-7-24-70(50)25-31-84-53-17-16-49-40-47(53)42-83-28-4-3-27-82-41-45-8-5-9-46(38-45)51-20-23-64-61(66-49)68-51/h3-5,8-9,12-20,23,38,40,43,50,52,57H,6-7,10-11,21-22,24-37,39,41-42H2,1-2H3,(H,65,75)(H,67,76)(H,69,72)(H3,62,63,77)(H,64,66,68)/b4-3+/t50?,52-,57?/m0/s1. The third-order valence-corrected chi connectivity index (χ3v) is 14.0. The summed E-state index contributed by atoms with van der Waals surface area (Å²) in [6.07, 6.45) is 11.5. The number of hydrogen-bond donors (Lipinski definition) is 6. The number of fused-ring (bicyclic) bond motifs is 7. The van der Waals surface area contributed by atoms with Crippen molar-refractivity contribution in [1.82, 2.24) is 35.7 Å². The number of ether oxygens (including phenoxy) is 7. The number of benzene rings is 3. The molecule has 23 nitrogen and oxygen atoms in total. The maximum Gasteiger partial charge on any atom is 0.312 e. The number of rotatable bonds is 31. The van der Waals surface area contributed by atoms with Crippen LogP contribution < -0.4 is 37.1 Å². The van der Waals surface area contributed by atoms with E-state index in [4.69, 9.17) is 43.9 Å². The van der Waals surface area contributed by atoms with Crippen LogP contribution >= 0.6 is 0 Å². The number of urea groups is 1. The molecular weight excluding hydrogens is 1080 g/mol. The van der Waals surface area contributed by atoms with Gasteiger partial charge in [-0.15, -0.1) is 0 Å². The SMILES string of the molecule is CC(C)C(NC(=O)CCOCCOCCOCCOCCN1C(=O)C=CC1=O)C(=O)N[C@@H](CCCNC(N)=O)C(=O)Nc1ccc(CC2CCCN2CCOc2ccc3cc2COC/C=C/COCc2cccc(c2)-c2ccnc(n2)N3)cc1. The highest BCUT2D eigenvalue weighted by Crippen LogP contribution is 2.28. The van der Waals surface area contributed by atoms with Crippen LogP contribution in [0.5, 0.6) is 5.75 Å². The van der Waals surface area contributed by atoms with E-state index < -0.39 is 35.8 Å². The Labute approximate surface area is 490 Å². The Morgan fingerprint density at radius 1 is 0.786 bits per heavy atom. The van der Waals surface area contributed by atoms with Gasteiger partial charge in [-0.2, -0.15) is 0 Å². The summed E-state index contributed by atoms with van der Waals surface area (Å²) in [5, 5.41) is 14.5. The lowest BCUT2D eigenvalue weighted by Gasteiger charge is -2.26. The van der Waals surface area contributed by atoms with E-state index in [0.717, 1.165) is 76.6 Å². The van der Waals surface area contributed by atoms with Crippen LogP contribution in [0.15, 0.2) is 103 Å². The molecule has 1 aromatic heterocycles. The lowest BCUT2D eigenvalue weighted by molar-refractivity contribution is -0.137. The molecule has 1 saturated heterocycles. The molecule has 0 radical (unpaired) electrons. The zero-order chi connectivity index (χ0) is 59.3. The van der Waals surface area contributed by atoms with Crippen molar-refractivity contribution in [3.8, 4) is 17.0 Å². The van der Waals surface area contributed by atoms with Crippen molar-refractivity contribution in [2.24, 2.45) is 11.7 Å². The summed E-state index contributed by atoms with van der Waals surface area (Å²) < 4.78 is 40.4. The molecule has 7 N–H and O–H groups in total. The van der Waals surface area contributed by atoms with Gasteiger partial charge in [-0.3, -0.25) is 33.8 Å². The number of hydrogen-bond acceptors (Lipinski definition) is 17. The molecule has 452 valence electrons. The fraction of sp³-hybridized carbons (Fsp3) is 0.475. The second kappa shape index (κ2) is 34.8. The Balaban J connectivity index is 0.828. The molecule has 84 heavy (non-hydrogen) atoms. The summed E-state index contributed by atoms with van der Waals surface area (Å²) >= 11 is 0. The van der Waals surface area contributed by atoms with Crippen molar-refractivity contribution in [3.05, 3.63) is 120 Å². The number of imide groups is 1. The number of anilines is 3. The number of carbonyl (C=O) groups is 6. The third-order valence-electron chi connectivity index (χ3n) is 14.0. The molecule has 3 aliphatic rings. The van der Waals surface area contributed by atoms with Gasteiger partial charge in [0.05, 0.1) is 91.5 Å². The van der Waals surface area contributed by atoms with Crippen molar-refractivity contribution >= 4 is 52.9 Å². The molecule has 6 bridgehead atoms. The Morgan fingerprint density at radius 3 is 2.23 bits per heavy atom.